The third kappa shape index (κ3) is 3.16. The first kappa shape index (κ1) is 15.8. The van der Waals surface area contributed by atoms with Crippen LogP contribution in [0.4, 0.5) is 4.79 Å². The van der Waals surface area contributed by atoms with Gasteiger partial charge in [-0.1, -0.05) is 37.3 Å². The van der Waals surface area contributed by atoms with Crippen molar-refractivity contribution in [2.24, 2.45) is 0 Å². The van der Waals surface area contributed by atoms with E-state index in [9.17, 15) is 14.4 Å². The van der Waals surface area contributed by atoms with E-state index in [1.54, 1.807) is 38.1 Å². The Morgan fingerprint density at radius 1 is 1.27 bits per heavy atom. The smallest absolute Gasteiger partial charge is 0.423 e. The van der Waals surface area contributed by atoms with E-state index in [-0.39, 0.29) is 18.8 Å². The van der Waals surface area contributed by atoms with Crippen LogP contribution in [0.5, 0.6) is 0 Å². The van der Waals surface area contributed by atoms with Gasteiger partial charge in [-0.2, -0.15) is 0 Å². The molecule has 0 aromatic heterocycles. The minimum Gasteiger partial charge on any atom is -0.464 e. The van der Waals surface area contributed by atoms with Crippen molar-refractivity contribution in [2.45, 2.75) is 26.3 Å². The minimum absolute atomic E-state index is 0.0982. The molecular formula is C16H17NO5. The second-order valence-corrected chi connectivity index (χ2v) is 4.64. The van der Waals surface area contributed by atoms with Gasteiger partial charge in [0.1, 0.15) is 6.04 Å². The van der Waals surface area contributed by atoms with E-state index in [1.165, 1.54) is 6.08 Å². The number of hydrogen-bond donors (Lipinski definition) is 0. The van der Waals surface area contributed by atoms with Crippen LogP contribution in [0.15, 0.2) is 36.1 Å². The van der Waals surface area contributed by atoms with Crippen LogP contribution in [0.2, 0.25) is 0 Å². The molecule has 1 aliphatic heterocycles. The first-order valence-electron chi connectivity index (χ1n) is 7.07. The number of ether oxygens (including phenoxy) is 2. The molecule has 2 amide bonds. The van der Waals surface area contributed by atoms with Gasteiger partial charge in [0.25, 0.3) is 5.91 Å². The number of esters is 1. The number of rotatable bonds is 5. The minimum atomic E-state index is -0.971. The van der Waals surface area contributed by atoms with Crippen LogP contribution in [-0.2, 0) is 19.1 Å². The molecule has 0 bridgehead atoms. The maximum absolute atomic E-state index is 12.3. The lowest BCUT2D eigenvalue weighted by Gasteiger charge is -2.20. The second kappa shape index (κ2) is 6.89. The van der Waals surface area contributed by atoms with Crippen LogP contribution in [0.25, 0.3) is 6.08 Å². The molecule has 0 aliphatic carbocycles. The molecule has 6 nitrogen and oxygen atoms in total. The standard InChI is InChI=1S/C16H17NO5/c1-3-12(15(19)21-4-2)17-14(18)13(22-16(17)20)10-11-8-6-5-7-9-11/h5-10,12H,3-4H2,1-2H3/b13-10-. The highest BCUT2D eigenvalue weighted by atomic mass is 16.6. The summed E-state index contributed by atoms with van der Waals surface area (Å²) in [6, 6.07) is 8.03. The van der Waals surface area contributed by atoms with Gasteiger partial charge < -0.3 is 9.47 Å². The third-order valence-electron chi connectivity index (χ3n) is 3.18. The number of nitrogens with zero attached hydrogens (tertiary/aromatic N) is 1. The summed E-state index contributed by atoms with van der Waals surface area (Å²) in [5.74, 6) is -1.34. The zero-order valence-electron chi connectivity index (χ0n) is 12.4. The Balaban J connectivity index is 2.25. The Morgan fingerprint density at radius 2 is 1.95 bits per heavy atom. The maximum atomic E-state index is 12.3. The van der Waals surface area contributed by atoms with E-state index < -0.39 is 24.0 Å². The molecule has 1 aliphatic rings. The molecule has 0 radical (unpaired) electrons. The zero-order chi connectivity index (χ0) is 16.1. The normalized spacial score (nSPS) is 17.5. The Morgan fingerprint density at radius 3 is 2.55 bits per heavy atom. The summed E-state index contributed by atoms with van der Waals surface area (Å²) >= 11 is 0. The van der Waals surface area contributed by atoms with Gasteiger partial charge in [0.15, 0.2) is 5.76 Å². The van der Waals surface area contributed by atoms with Gasteiger partial charge in [0.05, 0.1) is 6.61 Å². The highest BCUT2D eigenvalue weighted by molar-refractivity contribution is 6.11. The molecule has 1 aromatic carbocycles. The molecule has 0 spiro atoms. The molecule has 22 heavy (non-hydrogen) atoms. The molecule has 1 fully saturated rings. The maximum Gasteiger partial charge on any atom is 0.423 e. The average molecular weight is 303 g/mol. The number of carbonyl (C=O) groups is 3. The third-order valence-corrected chi connectivity index (χ3v) is 3.18. The van der Waals surface area contributed by atoms with Gasteiger partial charge in [0, 0.05) is 0 Å². The zero-order valence-corrected chi connectivity index (χ0v) is 12.4. The second-order valence-electron chi connectivity index (χ2n) is 4.64. The number of carbonyl (C=O) groups excluding carboxylic acids is 3. The van der Waals surface area contributed by atoms with Crippen LogP contribution in [0.3, 0.4) is 0 Å². The lowest BCUT2D eigenvalue weighted by molar-refractivity contribution is -0.151. The van der Waals surface area contributed by atoms with Crippen molar-refractivity contribution < 1.29 is 23.9 Å². The molecule has 1 aromatic rings. The fourth-order valence-electron chi connectivity index (χ4n) is 2.14. The summed E-state index contributed by atoms with van der Waals surface area (Å²) < 4.78 is 9.89. The first-order chi connectivity index (χ1) is 10.6. The fraction of sp³-hybridized carbons (Fsp3) is 0.312. The number of imide groups is 1. The lowest BCUT2D eigenvalue weighted by Crippen LogP contribution is -2.44. The first-order valence-corrected chi connectivity index (χ1v) is 7.07. The largest absolute Gasteiger partial charge is 0.464 e. The van der Waals surface area contributed by atoms with Crippen LogP contribution >= 0.6 is 0 Å². The molecule has 0 N–H and O–H groups in total. The van der Waals surface area contributed by atoms with Crippen LogP contribution < -0.4 is 0 Å². The van der Waals surface area contributed by atoms with E-state index in [0.717, 1.165) is 10.5 Å². The molecule has 1 saturated heterocycles. The lowest BCUT2D eigenvalue weighted by atomic mass is 10.1. The van der Waals surface area contributed by atoms with Crippen molar-refractivity contribution >= 4 is 24.0 Å². The van der Waals surface area contributed by atoms with Crippen molar-refractivity contribution in [3.05, 3.63) is 41.7 Å². The van der Waals surface area contributed by atoms with Crippen molar-refractivity contribution in [2.75, 3.05) is 6.61 Å². The Hall–Kier alpha value is -2.63. The van der Waals surface area contributed by atoms with Crippen LogP contribution in [-0.4, -0.2) is 35.5 Å². The van der Waals surface area contributed by atoms with Crippen molar-refractivity contribution in [1.29, 1.82) is 0 Å². The summed E-state index contributed by atoms with van der Waals surface area (Å²) in [5.41, 5.74) is 0.727. The summed E-state index contributed by atoms with van der Waals surface area (Å²) in [4.78, 5) is 36.9. The summed E-state index contributed by atoms with van der Waals surface area (Å²) in [6.07, 6.45) is 0.878. The SMILES string of the molecule is CCOC(=O)C(CC)N1C(=O)O/C(=C\c2ccccc2)C1=O. The van der Waals surface area contributed by atoms with Crippen molar-refractivity contribution in [1.82, 2.24) is 4.90 Å². The van der Waals surface area contributed by atoms with Gasteiger partial charge in [-0.15, -0.1) is 0 Å². The molecule has 2 rings (SSSR count). The van der Waals surface area contributed by atoms with Crippen LogP contribution in [0.1, 0.15) is 25.8 Å². The summed E-state index contributed by atoms with van der Waals surface area (Å²) in [7, 11) is 0. The molecule has 1 atom stereocenters. The molecule has 116 valence electrons. The number of benzene rings is 1. The Labute approximate surface area is 128 Å². The van der Waals surface area contributed by atoms with Crippen LogP contribution in [0, 0.1) is 0 Å². The summed E-state index contributed by atoms with van der Waals surface area (Å²) in [6.45, 7) is 3.54. The Kier molecular flexibility index (Phi) is 4.93. The van der Waals surface area contributed by atoms with Gasteiger partial charge in [-0.05, 0) is 25.0 Å². The Bertz CT molecular complexity index is 608. The van der Waals surface area contributed by atoms with E-state index in [0.29, 0.717) is 0 Å². The number of hydrogen-bond acceptors (Lipinski definition) is 5. The highest BCUT2D eigenvalue weighted by Crippen LogP contribution is 2.23. The van der Waals surface area contributed by atoms with Gasteiger partial charge in [-0.3, -0.25) is 4.79 Å². The topological polar surface area (TPSA) is 72.9 Å². The summed E-state index contributed by atoms with van der Waals surface area (Å²) in [5, 5.41) is 0. The van der Waals surface area contributed by atoms with Crippen molar-refractivity contribution in [3.63, 3.8) is 0 Å². The van der Waals surface area contributed by atoms with E-state index in [2.05, 4.69) is 0 Å². The predicted octanol–water partition coefficient (Wildman–Crippen LogP) is 2.35. The van der Waals surface area contributed by atoms with E-state index in [4.69, 9.17) is 9.47 Å². The van der Waals surface area contributed by atoms with Gasteiger partial charge in [-0.25, -0.2) is 14.5 Å². The quantitative estimate of drug-likeness (QED) is 0.616. The molecule has 0 saturated carbocycles. The monoisotopic (exact) mass is 303 g/mol. The molecule has 1 heterocycles. The fourth-order valence-corrected chi connectivity index (χ4v) is 2.14. The number of cyclic esters (lactones) is 1. The van der Waals surface area contributed by atoms with Gasteiger partial charge in [0.2, 0.25) is 0 Å². The number of amides is 2. The molecule has 6 heteroatoms. The van der Waals surface area contributed by atoms with E-state index >= 15 is 0 Å². The van der Waals surface area contributed by atoms with Crippen molar-refractivity contribution in [3.8, 4) is 0 Å². The molecule has 1 unspecified atom stereocenters. The average Bonchev–Trinajstić information content (AvgIpc) is 2.77. The predicted molar refractivity (Wildman–Crippen MR) is 78.5 cm³/mol. The van der Waals surface area contributed by atoms with Gasteiger partial charge >= 0.3 is 12.1 Å². The van der Waals surface area contributed by atoms with E-state index in [1.807, 2.05) is 6.07 Å². The highest BCUT2D eigenvalue weighted by Gasteiger charge is 2.44. The molecular weight excluding hydrogens is 286 g/mol.